The number of carbonyl (C=O) groups excluding carboxylic acids is 1. The van der Waals surface area contributed by atoms with Gasteiger partial charge in [-0.1, -0.05) is 48.7 Å². The van der Waals surface area contributed by atoms with E-state index in [1.54, 1.807) is 0 Å². The molecule has 0 spiro atoms. The monoisotopic (exact) mass is 303 g/mol. The van der Waals surface area contributed by atoms with Crippen molar-refractivity contribution < 1.29 is 4.79 Å². The van der Waals surface area contributed by atoms with Crippen LogP contribution in [-0.4, -0.2) is 17.3 Å². The quantitative estimate of drug-likeness (QED) is 0.798. The van der Waals surface area contributed by atoms with E-state index in [1.165, 1.54) is 11.3 Å². The van der Waals surface area contributed by atoms with Gasteiger partial charge in [-0.2, -0.15) is 0 Å². The van der Waals surface area contributed by atoms with Gasteiger partial charge < -0.3 is 5.32 Å². The number of alkyl halides is 1. The Bertz CT molecular complexity index is 309. The van der Waals surface area contributed by atoms with Gasteiger partial charge in [-0.05, 0) is 17.4 Å². The molecule has 0 fully saturated rings. The molecule has 1 aromatic heterocycles. The summed E-state index contributed by atoms with van der Waals surface area (Å²) in [6.45, 7) is 5.07. The van der Waals surface area contributed by atoms with E-state index in [0.717, 1.165) is 17.7 Å². The van der Waals surface area contributed by atoms with Crippen LogP contribution in [0.2, 0.25) is 0 Å². The van der Waals surface area contributed by atoms with Crippen molar-refractivity contribution in [2.75, 3.05) is 6.54 Å². The van der Waals surface area contributed by atoms with Crippen LogP contribution in [-0.2, 0) is 0 Å². The summed E-state index contributed by atoms with van der Waals surface area (Å²) in [6, 6.07) is 3.74. The Morgan fingerprint density at radius 1 is 1.50 bits per heavy atom. The zero-order chi connectivity index (χ0) is 12.0. The minimum absolute atomic E-state index is 0.0328. The van der Waals surface area contributed by atoms with E-state index < -0.39 is 0 Å². The van der Waals surface area contributed by atoms with Crippen LogP contribution in [0.15, 0.2) is 17.5 Å². The molecule has 16 heavy (non-hydrogen) atoms. The zero-order valence-corrected chi connectivity index (χ0v) is 12.1. The molecule has 0 saturated heterocycles. The summed E-state index contributed by atoms with van der Waals surface area (Å²) in [5, 5.41) is 4.88. The normalized spacial score (nSPS) is 12.8. The maximum Gasteiger partial charge on any atom is 0.261 e. The highest BCUT2D eigenvalue weighted by atomic mass is 79.9. The summed E-state index contributed by atoms with van der Waals surface area (Å²) in [5.74, 6) is 0.661. The molecule has 90 valence electrons. The van der Waals surface area contributed by atoms with E-state index in [4.69, 9.17) is 0 Å². The lowest BCUT2D eigenvalue weighted by Gasteiger charge is -2.19. The van der Waals surface area contributed by atoms with Crippen LogP contribution >= 0.6 is 27.3 Å². The van der Waals surface area contributed by atoms with Gasteiger partial charge in [0, 0.05) is 11.4 Å². The summed E-state index contributed by atoms with van der Waals surface area (Å²) in [4.78, 5) is 12.8. The molecule has 1 amide bonds. The topological polar surface area (TPSA) is 29.1 Å². The van der Waals surface area contributed by atoms with Gasteiger partial charge >= 0.3 is 0 Å². The van der Waals surface area contributed by atoms with E-state index in [0.29, 0.717) is 17.3 Å². The molecular weight excluding hydrogens is 286 g/mol. The molecule has 1 rings (SSSR count). The molecule has 2 nitrogen and oxygen atoms in total. The van der Waals surface area contributed by atoms with Gasteiger partial charge in [-0.15, -0.1) is 11.3 Å². The number of carbonyl (C=O) groups is 1. The van der Waals surface area contributed by atoms with Crippen molar-refractivity contribution in [3.63, 3.8) is 0 Å². The number of hydrogen-bond acceptors (Lipinski definition) is 2. The standard InChI is InChI=1S/C12H18BrNOS/c1-3-9(4-2)10(13)8-14-12(15)11-6-5-7-16-11/h5-7,9-10H,3-4,8H2,1-2H3,(H,14,15). The molecule has 1 unspecified atom stereocenters. The van der Waals surface area contributed by atoms with Crippen molar-refractivity contribution in [1.82, 2.24) is 5.32 Å². The number of halogens is 1. The molecule has 0 aliphatic rings. The third-order valence-corrected chi connectivity index (χ3v) is 4.70. The molecule has 0 aliphatic carbocycles. The fourth-order valence-corrected chi connectivity index (χ4v) is 3.20. The predicted octanol–water partition coefficient (Wildman–Crippen LogP) is 3.68. The van der Waals surface area contributed by atoms with E-state index in [1.807, 2.05) is 17.5 Å². The Morgan fingerprint density at radius 2 is 2.19 bits per heavy atom. The fraction of sp³-hybridized carbons (Fsp3) is 0.583. The largest absolute Gasteiger partial charge is 0.350 e. The van der Waals surface area contributed by atoms with Gasteiger partial charge in [0.1, 0.15) is 0 Å². The lowest BCUT2D eigenvalue weighted by molar-refractivity contribution is 0.0956. The fourth-order valence-electron chi connectivity index (χ4n) is 1.65. The highest BCUT2D eigenvalue weighted by Crippen LogP contribution is 2.19. The Morgan fingerprint density at radius 3 is 2.69 bits per heavy atom. The first-order valence-electron chi connectivity index (χ1n) is 5.64. The molecule has 1 heterocycles. The lowest BCUT2D eigenvalue weighted by atomic mass is 9.99. The van der Waals surface area contributed by atoms with Gasteiger partial charge in [0.05, 0.1) is 4.88 Å². The van der Waals surface area contributed by atoms with E-state index >= 15 is 0 Å². The Labute approximate surface area is 110 Å². The SMILES string of the molecule is CCC(CC)C(Br)CNC(=O)c1cccs1. The van der Waals surface area contributed by atoms with E-state index in [9.17, 15) is 4.79 Å². The molecular formula is C12H18BrNOS. The van der Waals surface area contributed by atoms with Gasteiger partial charge in [0.15, 0.2) is 0 Å². The summed E-state index contributed by atoms with van der Waals surface area (Å²) in [5.41, 5.74) is 0. The smallest absolute Gasteiger partial charge is 0.261 e. The molecule has 1 atom stereocenters. The first-order chi connectivity index (χ1) is 7.69. The Kier molecular flexibility index (Phi) is 6.06. The van der Waals surface area contributed by atoms with Crippen molar-refractivity contribution in [1.29, 1.82) is 0 Å². The molecule has 0 radical (unpaired) electrons. The maximum absolute atomic E-state index is 11.7. The van der Waals surface area contributed by atoms with Crippen LogP contribution in [0.5, 0.6) is 0 Å². The third-order valence-electron chi connectivity index (χ3n) is 2.76. The number of rotatable bonds is 6. The minimum atomic E-state index is 0.0328. The highest BCUT2D eigenvalue weighted by Gasteiger charge is 2.16. The second kappa shape index (κ2) is 7.07. The molecule has 1 N–H and O–H groups in total. The van der Waals surface area contributed by atoms with E-state index in [-0.39, 0.29) is 5.91 Å². The first kappa shape index (κ1) is 13.7. The average Bonchev–Trinajstić information content (AvgIpc) is 2.81. The summed E-state index contributed by atoms with van der Waals surface area (Å²) in [6.07, 6.45) is 2.28. The Balaban J connectivity index is 2.37. The van der Waals surface area contributed by atoms with Gasteiger partial charge in [0.2, 0.25) is 0 Å². The van der Waals surface area contributed by atoms with Crippen LogP contribution in [0, 0.1) is 5.92 Å². The van der Waals surface area contributed by atoms with E-state index in [2.05, 4.69) is 35.1 Å². The summed E-state index contributed by atoms with van der Waals surface area (Å²) >= 11 is 5.12. The highest BCUT2D eigenvalue weighted by molar-refractivity contribution is 9.09. The van der Waals surface area contributed by atoms with Crippen LogP contribution in [0.4, 0.5) is 0 Å². The van der Waals surface area contributed by atoms with Crippen LogP contribution in [0.1, 0.15) is 36.4 Å². The lowest BCUT2D eigenvalue weighted by Crippen LogP contribution is -2.32. The van der Waals surface area contributed by atoms with Gasteiger partial charge in [0.25, 0.3) is 5.91 Å². The van der Waals surface area contributed by atoms with Crippen molar-refractivity contribution in [3.05, 3.63) is 22.4 Å². The first-order valence-corrected chi connectivity index (χ1v) is 7.44. The number of thiophene rings is 1. The average molecular weight is 304 g/mol. The van der Waals surface area contributed by atoms with Crippen molar-refractivity contribution in [3.8, 4) is 0 Å². The molecule has 0 bridgehead atoms. The van der Waals surface area contributed by atoms with Gasteiger partial charge in [-0.3, -0.25) is 4.79 Å². The minimum Gasteiger partial charge on any atom is -0.350 e. The molecule has 0 saturated carbocycles. The van der Waals surface area contributed by atoms with Crippen LogP contribution < -0.4 is 5.32 Å². The molecule has 0 aromatic carbocycles. The molecule has 1 aromatic rings. The van der Waals surface area contributed by atoms with Crippen LogP contribution in [0.3, 0.4) is 0 Å². The van der Waals surface area contributed by atoms with Crippen molar-refractivity contribution in [2.24, 2.45) is 5.92 Å². The zero-order valence-electron chi connectivity index (χ0n) is 9.70. The maximum atomic E-state index is 11.7. The predicted molar refractivity (Wildman–Crippen MR) is 73.4 cm³/mol. The summed E-state index contributed by atoms with van der Waals surface area (Å²) < 4.78 is 0. The molecule has 4 heteroatoms. The number of amides is 1. The van der Waals surface area contributed by atoms with Crippen LogP contribution in [0.25, 0.3) is 0 Å². The number of hydrogen-bond donors (Lipinski definition) is 1. The Hall–Kier alpha value is -0.350. The van der Waals surface area contributed by atoms with Crippen molar-refractivity contribution >= 4 is 33.2 Å². The second-order valence-electron chi connectivity index (χ2n) is 3.78. The van der Waals surface area contributed by atoms with Gasteiger partial charge in [-0.25, -0.2) is 0 Å². The third kappa shape index (κ3) is 3.91. The summed E-state index contributed by atoms with van der Waals surface area (Å²) in [7, 11) is 0. The second-order valence-corrected chi connectivity index (χ2v) is 5.90. The molecule has 0 aliphatic heterocycles. The number of nitrogens with one attached hydrogen (secondary N) is 1. The van der Waals surface area contributed by atoms with Crippen molar-refractivity contribution in [2.45, 2.75) is 31.5 Å².